The van der Waals surface area contributed by atoms with E-state index in [2.05, 4.69) is 0 Å². The fraction of sp³-hybridized carbons (Fsp3) is 0.778. The van der Waals surface area contributed by atoms with Crippen LogP contribution in [0.2, 0.25) is 0 Å². The van der Waals surface area contributed by atoms with Crippen LogP contribution >= 0.6 is 11.6 Å². The lowest BCUT2D eigenvalue weighted by Gasteiger charge is -2.23. The quantitative estimate of drug-likeness (QED) is 0.795. The first-order chi connectivity index (χ1) is 7.83. The summed E-state index contributed by atoms with van der Waals surface area (Å²) >= 11 is 5.28. The molecule has 0 heterocycles. The molecule has 4 nitrogen and oxygen atoms in total. The van der Waals surface area contributed by atoms with Crippen LogP contribution in [0.4, 0.5) is 18.0 Å². The number of carbonyl (C=O) groups is 2. The molecule has 1 saturated carbocycles. The third-order valence-electron chi connectivity index (χ3n) is 2.17. The van der Waals surface area contributed by atoms with E-state index in [0.717, 1.165) is 0 Å². The zero-order chi connectivity index (χ0) is 13.1. The monoisotopic (exact) mass is 272 g/mol. The minimum Gasteiger partial charge on any atom is -0.312 e. The number of halogens is 4. The van der Waals surface area contributed by atoms with Crippen LogP contribution in [0, 0.1) is 0 Å². The highest BCUT2D eigenvalue weighted by Gasteiger charge is 2.40. The molecule has 1 fully saturated rings. The van der Waals surface area contributed by atoms with Crippen molar-refractivity contribution in [1.82, 2.24) is 10.2 Å². The molecule has 0 radical (unpaired) electrons. The Hall–Kier alpha value is -0.980. The molecule has 1 aliphatic rings. The number of amides is 3. The molecule has 0 aliphatic heterocycles. The van der Waals surface area contributed by atoms with Gasteiger partial charge in [-0.15, -0.1) is 11.6 Å². The average molecular weight is 273 g/mol. The zero-order valence-corrected chi connectivity index (χ0v) is 9.64. The van der Waals surface area contributed by atoms with E-state index in [4.69, 9.17) is 11.6 Å². The normalized spacial score (nSPS) is 15.5. The third-order valence-corrected chi connectivity index (χ3v) is 2.36. The minimum atomic E-state index is -4.46. The van der Waals surface area contributed by atoms with Crippen molar-refractivity contribution in [1.29, 1.82) is 0 Å². The second-order valence-electron chi connectivity index (χ2n) is 3.77. The van der Waals surface area contributed by atoms with E-state index in [9.17, 15) is 22.8 Å². The van der Waals surface area contributed by atoms with Gasteiger partial charge < -0.3 is 4.90 Å². The number of hydrogen-bond acceptors (Lipinski definition) is 2. The molecule has 0 saturated heterocycles. The van der Waals surface area contributed by atoms with Crippen LogP contribution in [-0.4, -0.2) is 41.5 Å². The van der Waals surface area contributed by atoms with E-state index < -0.39 is 30.7 Å². The number of nitrogens with one attached hydrogen (secondary N) is 1. The highest BCUT2D eigenvalue weighted by Crippen LogP contribution is 2.30. The standard InChI is InChI=1S/C9H12ClF3N2O2/c10-4-3-7(16)14-8(17)15(6-1-2-6)5-9(11,12)13/h6H,1-5H2,(H,14,16,17). The van der Waals surface area contributed by atoms with Gasteiger partial charge in [0.15, 0.2) is 0 Å². The summed E-state index contributed by atoms with van der Waals surface area (Å²) in [6.07, 6.45) is -3.49. The minimum absolute atomic E-state index is 0.0157. The molecule has 3 amide bonds. The molecule has 1 rings (SSSR count). The lowest BCUT2D eigenvalue weighted by Crippen LogP contribution is -2.47. The van der Waals surface area contributed by atoms with Crippen molar-refractivity contribution < 1.29 is 22.8 Å². The molecule has 0 bridgehead atoms. The molecule has 1 N–H and O–H groups in total. The zero-order valence-electron chi connectivity index (χ0n) is 8.89. The Balaban J connectivity index is 2.52. The van der Waals surface area contributed by atoms with Crippen LogP contribution in [0.15, 0.2) is 0 Å². The van der Waals surface area contributed by atoms with Crippen molar-refractivity contribution in [3.63, 3.8) is 0 Å². The van der Waals surface area contributed by atoms with Crippen LogP contribution in [-0.2, 0) is 4.79 Å². The summed E-state index contributed by atoms with van der Waals surface area (Å²) in [6.45, 7) is -1.34. The number of rotatable bonds is 4. The van der Waals surface area contributed by atoms with E-state index in [-0.39, 0.29) is 12.3 Å². The molecule has 1 aliphatic carbocycles. The fourth-order valence-corrected chi connectivity index (χ4v) is 1.46. The topological polar surface area (TPSA) is 49.4 Å². The summed E-state index contributed by atoms with van der Waals surface area (Å²) in [5.74, 6) is -0.653. The Morgan fingerprint density at radius 3 is 2.35 bits per heavy atom. The second-order valence-corrected chi connectivity index (χ2v) is 4.14. The Labute approximate surface area is 101 Å². The molecule has 8 heteroatoms. The Kier molecular flexibility index (Phi) is 4.62. The van der Waals surface area contributed by atoms with Crippen molar-refractivity contribution in [2.75, 3.05) is 12.4 Å². The number of hydrogen-bond donors (Lipinski definition) is 1. The first kappa shape index (κ1) is 14.1. The maximum Gasteiger partial charge on any atom is 0.406 e. The number of nitrogens with zero attached hydrogens (tertiary/aromatic N) is 1. The van der Waals surface area contributed by atoms with Crippen LogP contribution in [0.1, 0.15) is 19.3 Å². The summed E-state index contributed by atoms with van der Waals surface area (Å²) in [6, 6.07) is -1.42. The average Bonchev–Trinajstić information content (AvgIpc) is 2.95. The van der Waals surface area contributed by atoms with Crippen molar-refractivity contribution in [2.24, 2.45) is 0 Å². The molecule has 98 valence electrons. The van der Waals surface area contributed by atoms with Crippen LogP contribution in [0.25, 0.3) is 0 Å². The first-order valence-corrected chi connectivity index (χ1v) is 5.60. The maximum atomic E-state index is 12.2. The molecular formula is C9H12ClF3N2O2. The van der Waals surface area contributed by atoms with Gasteiger partial charge >= 0.3 is 12.2 Å². The first-order valence-electron chi connectivity index (χ1n) is 5.06. The number of imide groups is 1. The van der Waals surface area contributed by atoms with E-state index in [1.54, 1.807) is 0 Å². The Morgan fingerprint density at radius 2 is 1.94 bits per heavy atom. The lowest BCUT2D eigenvalue weighted by atomic mass is 10.4. The summed E-state index contributed by atoms with van der Waals surface area (Å²) in [7, 11) is 0. The van der Waals surface area contributed by atoms with Gasteiger partial charge in [-0.25, -0.2) is 4.79 Å². The van der Waals surface area contributed by atoms with Gasteiger partial charge in [0.25, 0.3) is 0 Å². The van der Waals surface area contributed by atoms with Crippen LogP contribution in [0.3, 0.4) is 0 Å². The second kappa shape index (κ2) is 5.57. The summed E-state index contributed by atoms with van der Waals surface area (Å²) in [5, 5.41) is 1.89. The van der Waals surface area contributed by atoms with Gasteiger partial charge in [-0.2, -0.15) is 13.2 Å². The molecule has 0 spiro atoms. The van der Waals surface area contributed by atoms with Gasteiger partial charge in [-0.3, -0.25) is 10.1 Å². The highest BCUT2D eigenvalue weighted by atomic mass is 35.5. The molecule has 0 atom stereocenters. The molecule has 0 aromatic rings. The van der Waals surface area contributed by atoms with E-state index in [0.29, 0.717) is 17.7 Å². The number of carbonyl (C=O) groups excluding carboxylic acids is 2. The van der Waals surface area contributed by atoms with Gasteiger partial charge in [0.05, 0.1) is 0 Å². The van der Waals surface area contributed by atoms with Gasteiger partial charge in [-0.1, -0.05) is 0 Å². The van der Waals surface area contributed by atoms with Crippen molar-refractivity contribution in [3.05, 3.63) is 0 Å². The van der Waals surface area contributed by atoms with E-state index >= 15 is 0 Å². The van der Waals surface area contributed by atoms with Gasteiger partial charge in [0.2, 0.25) is 5.91 Å². The predicted molar refractivity (Wildman–Crippen MR) is 54.7 cm³/mol. The van der Waals surface area contributed by atoms with Crippen molar-refractivity contribution >= 4 is 23.5 Å². The molecule has 0 aromatic heterocycles. The summed E-state index contributed by atoms with van der Waals surface area (Å²) in [5.41, 5.74) is 0. The predicted octanol–water partition coefficient (Wildman–Crippen LogP) is 1.88. The molecule has 0 aromatic carbocycles. The van der Waals surface area contributed by atoms with Gasteiger partial charge in [-0.05, 0) is 12.8 Å². The van der Waals surface area contributed by atoms with Gasteiger partial charge in [0, 0.05) is 18.3 Å². The molecule has 0 unspecified atom stereocenters. The third kappa shape index (κ3) is 5.25. The SMILES string of the molecule is O=C(CCCl)NC(=O)N(CC(F)(F)F)C1CC1. The fourth-order valence-electron chi connectivity index (χ4n) is 1.29. The van der Waals surface area contributed by atoms with E-state index in [1.165, 1.54) is 0 Å². The van der Waals surface area contributed by atoms with E-state index in [1.807, 2.05) is 5.32 Å². The summed E-state index contributed by atoms with van der Waals surface area (Å²) in [4.78, 5) is 23.1. The Morgan fingerprint density at radius 1 is 1.35 bits per heavy atom. The van der Waals surface area contributed by atoms with Crippen LogP contribution < -0.4 is 5.32 Å². The van der Waals surface area contributed by atoms with Crippen LogP contribution in [0.5, 0.6) is 0 Å². The van der Waals surface area contributed by atoms with Gasteiger partial charge in [0.1, 0.15) is 6.54 Å². The van der Waals surface area contributed by atoms with Crippen molar-refractivity contribution in [3.8, 4) is 0 Å². The number of alkyl halides is 4. The summed E-state index contributed by atoms with van der Waals surface area (Å²) < 4.78 is 36.6. The highest BCUT2D eigenvalue weighted by molar-refractivity contribution is 6.19. The Bertz CT molecular complexity index is 305. The van der Waals surface area contributed by atoms with Crippen molar-refractivity contribution in [2.45, 2.75) is 31.5 Å². The largest absolute Gasteiger partial charge is 0.406 e. The smallest absolute Gasteiger partial charge is 0.312 e. The molecular weight excluding hydrogens is 261 g/mol. The lowest BCUT2D eigenvalue weighted by molar-refractivity contribution is -0.141. The maximum absolute atomic E-state index is 12.2. The molecule has 17 heavy (non-hydrogen) atoms. The number of urea groups is 1.